The first kappa shape index (κ1) is 7.70. The fourth-order valence-corrected chi connectivity index (χ4v) is 0.868. The predicted molar refractivity (Wildman–Crippen MR) is 41.7 cm³/mol. The lowest BCUT2D eigenvalue weighted by Gasteiger charge is -1.99. The smallest absolute Gasteiger partial charge is 0.0996 e. The van der Waals surface area contributed by atoms with Crippen LogP contribution in [0.2, 0.25) is 0 Å². The lowest BCUT2D eigenvalue weighted by molar-refractivity contribution is 0.811. The van der Waals surface area contributed by atoms with Gasteiger partial charge in [-0.15, -0.1) is 0 Å². The molecular weight excluding hydrogens is 138 g/mol. The van der Waals surface area contributed by atoms with E-state index in [-0.39, 0.29) is 0 Å². The van der Waals surface area contributed by atoms with Gasteiger partial charge in [0.05, 0.1) is 11.6 Å². The number of nitrogens with zero attached hydrogens (tertiary/aromatic N) is 2. The molecule has 1 aromatic heterocycles. The standard InChI is InChI=1S/C8H9N3/c1-10-5-8-6-11-3-2-7(8)4-9/h2-3,6,10H,5H2,1H3. The molecule has 0 saturated carbocycles. The van der Waals surface area contributed by atoms with Crippen molar-refractivity contribution in [3.63, 3.8) is 0 Å². The minimum atomic E-state index is 0.689. The Kier molecular flexibility index (Phi) is 2.59. The molecule has 11 heavy (non-hydrogen) atoms. The minimum Gasteiger partial charge on any atom is -0.316 e. The summed E-state index contributed by atoms with van der Waals surface area (Å²) >= 11 is 0. The number of aromatic nitrogens is 1. The van der Waals surface area contributed by atoms with E-state index >= 15 is 0 Å². The molecule has 3 nitrogen and oxygen atoms in total. The molecule has 0 atom stereocenters. The third kappa shape index (κ3) is 1.76. The molecule has 3 heteroatoms. The first-order valence-electron chi connectivity index (χ1n) is 3.36. The van der Waals surface area contributed by atoms with Crippen molar-refractivity contribution in [3.05, 3.63) is 29.6 Å². The Morgan fingerprint density at radius 1 is 1.73 bits per heavy atom. The van der Waals surface area contributed by atoms with E-state index < -0.39 is 0 Å². The highest BCUT2D eigenvalue weighted by Crippen LogP contribution is 2.03. The average Bonchev–Trinajstić information content (AvgIpc) is 2.06. The Bertz CT molecular complexity index is 275. The van der Waals surface area contributed by atoms with E-state index in [1.165, 1.54) is 0 Å². The third-order valence-corrected chi connectivity index (χ3v) is 1.39. The maximum Gasteiger partial charge on any atom is 0.0996 e. The topological polar surface area (TPSA) is 48.7 Å². The molecule has 0 radical (unpaired) electrons. The van der Waals surface area contributed by atoms with E-state index in [1.54, 1.807) is 18.5 Å². The molecule has 0 aliphatic carbocycles. The van der Waals surface area contributed by atoms with Gasteiger partial charge < -0.3 is 5.32 Å². The SMILES string of the molecule is CNCc1cnccc1C#N. The van der Waals surface area contributed by atoms with E-state index in [0.717, 1.165) is 5.56 Å². The molecule has 0 amide bonds. The van der Waals surface area contributed by atoms with Crippen molar-refractivity contribution < 1.29 is 0 Å². The van der Waals surface area contributed by atoms with Gasteiger partial charge in [-0.05, 0) is 13.1 Å². The first-order valence-corrected chi connectivity index (χ1v) is 3.36. The monoisotopic (exact) mass is 147 g/mol. The van der Waals surface area contributed by atoms with Crippen molar-refractivity contribution in [2.24, 2.45) is 0 Å². The van der Waals surface area contributed by atoms with Crippen molar-refractivity contribution in [2.75, 3.05) is 7.05 Å². The van der Waals surface area contributed by atoms with Crippen LogP contribution in [0.3, 0.4) is 0 Å². The molecule has 0 aliphatic heterocycles. The summed E-state index contributed by atoms with van der Waals surface area (Å²) in [6, 6.07) is 3.82. The van der Waals surface area contributed by atoms with Crippen molar-refractivity contribution in [2.45, 2.75) is 6.54 Å². The van der Waals surface area contributed by atoms with Crippen LogP contribution in [0.4, 0.5) is 0 Å². The summed E-state index contributed by atoms with van der Waals surface area (Å²) in [5.74, 6) is 0. The molecule has 0 aromatic carbocycles. The maximum absolute atomic E-state index is 8.64. The molecule has 0 aliphatic rings. The second kappa shape index (κ2) is 3.69. The van der Waals surface area contributed by atoms with E-state index in [9.17, 15) is 0 Å². The number of pyridine rings is 1. The highest BCUT2D eigenvalue weighted by Gasteiger charge is 1.97. The third-order valence-electron chi connectivity index (χ3n) is 1.39. The Labute approximate surface area is 65.7 Å². The lowest BCUT2D eigenvalue weighted by Crippen LogP contribution is -2.06. The fourth-order valence-electron chi connectivity index (χ4n) is 0.868. The van der Waals surface area contributed by atoms with Crippen molar-refractivity contribution >= 4 is 0 Å². The minimum absolute atomic E-state index is 0.689. The van der Waals surface area contributed by atoms with Crippen LogP contribution >= 0.6 is 0 Å². The molecule has 0 bridgehead atoms. The molecule has 1 N–H and O–H groups in total. The molecule has 0 unspecified atom stereocenters. The summed E-state index contributed by atoms with van der Waals surface area (Å²) < 4.78 is 0. The molecule has 1 aromatic rings. The van der Waals surface area contributed by atoms with Gasteiger partial charge in [0.2, 0.25) is 0 Å². The van der Waals surface area contributed by atoms with Gasteiger partial charge in [-0.1, -0.05) is 0 Å². The van der Waals surface area contributed by atoms with Crippen LogP contribution in [0.1, 0.15) is 11.1 Å². The van der Waals surface area contributed by atoms with Gasteiger partial charge in [0, 0.05) is 24.5 Å². The van der Waals surface area contributed by atoms with E-state index in [1.807, 2.05) is 7.05 Å². The highest BCUT2D eigenvalue weighted by molar-refractivity contribution is 5.34. The molecule has 1 heterocycles. The van der Waals surface area contributed by atoms with Gasteiger partial charge in [0.15, 0.2) is 0 Å². The first-order chi connectivity index (χ1) is 5.38. The lowest BCUT2D eigenvalue weighted by atomic mass is 10.1. The summed E-state index contributed by atoms with van der Waals surface area (Å²) in [7, 11) is 1.84. The number of hydrogen-bond acceptors (Lipinski definition) is 3. The maximum atomic E-state index is 8.64. The Morgan fingerprint density at radius 2 is 2.55 bits per heavy atom. The highest BCUT2D eigenvalue weighted by atomic mass is 14.8. The van der Waals surface area contributed by atoms with Crippen LogP contribution in [0, 0.1) is 11.3 Å². The van der Waals surface area contributed by atoms with Crippen molar-refractivity contribution in [3.8, 4) is 6.07 Å². The second-order valence-electron chi connectivity index (χ2n) is 2.17. The van der Waals surface area contributed by atoms with Gasteiger partial charge in [0.25, 0.3) is 0 Å². The number of nitriles is 1. The molecule has 1 rings (SSSR count). The van der Waals surface area contributed by atoms with E-state index in [2.05, 4.69) is 16.4 Å². The van der Waals surface area contributed by atoms with Crippen LogP contribution in [0.5, 0.6) is 0 Å². The van der Waals surface area contributed by atoms with Crippen molar-refractivity contribution in [1.82, 2.24) is 10.3 Å². The van der Waals surface area contributed by atoms with Crippen molar-refractivity contribution in [1.29, 1.82) is 5.26 Å². The summed E-state index contributed by atoms with van der Waals surface area (Å²) in [5.41, 5.74) is 1.63. The van der Waals surface area contributed by atoms with E-state index in [4.69, 9.17) is 5.26 Å². The summed E-state index contributed by atoms with van der Waals surface area (Å²) in [6.45, 7) is 0.691. The van der Waals surface area contributed by atoms with Gasteiger partial charge >= 0.3 is 0 Å². The average molecular weight is 147 g/mol. The zero-order valence-corrected chi connectivity index (χ0v) is 6.33. The Balaban J connectivity index is 2.95. The Morgan fingerprint density at radius 3 is 3.18 bits per heavy atom. The predicted octanol–water partition coefficient (Wildman–Crippen LogP) is 0.673. The summed E-state index contributed by atoms with van der Waals surface area (Å²) in [5, 5.41) is 11.6. The molecular formula is C8H9N3. The summed E-state index contributed by atoms with van der Waals surface area (Å²) in [6.07, 6.45) is 3.33. The van der Waals surface area contributed by atoms with Crippen LogP contribution in [0.15, 0.2) is 18.5 Å². The zero-order valence-electron chi connectivity index (χ0n) is 6.33. The summed E-state index contributed by atoms with van der Waals surface area (Å²) in [4.78, 5) is 3.92. The van der Waals surface area contributed by atoms with Crippen LogP contribution < -0.4 is 5.32 Å². The normalized spacial score (nSPS) is 9.09. The van der Waals surface area contributed by atoms with Gasteiger partial charge in [-0.3, -0.25) is 4.98 Å². The molecule has 0 spiro atoms. The quantitative estimate of drug-likeness (QED) is 0.669. The Hall–Kier alpha value is -1.40. The van der Waals surface area contributed by atoms with E-state index in [0.29, 0.717) is 12.1 Å². The fraction of sp³-hybridized carbons (Fsp3) is 0.250. The van der Waals surface area contributed by atoms with Gasteiger partial charge in [-0.25, -0.2) is 0 Å². The second-order valence-corrected chi connectivity index (χ2v) is 2.17. The molecule has 0 fully saturated rings. The van der Waals surface area contributed by atoms with Crippen LogP contribution in [0.25, 0.3) is 0 Å². The number of nitrogens with one attached hydrogen (secondary N) is 1. The molecule has 0 saturated heterocycles. The molecule has 56 valence electrons. The van der Waals surface area contributed by atoms with Crippen LogP contribution in [-0.4, -0.2) is 12.0 Å². The number of hydrogen-bond donors (Lipinski definition) is 1. The van der Waals surface area contributed by atoms with Crippen LogP contribution in [-0.2, 0) is 6.54 Å². The largest absolute Gasteiger partial charge is 0.316 e. The number of rotatable bonds is 2. The zero-order chi connectivity index (χ0) is 8.10. The van der Waals surface area contributed by atoms with Gasteiger partial charge in [-0.2, -0.15) is 5.26 Å². The van der Waals surface area contributed by atoms with Gasteiger partial charge in [0.1, 0.15) is 0 Å².